The predicted molar refractivity (Wildman–Crippen MR) is 75.3 cm³/mol. The molecular formula is C16H24O2. The Morgan fingerprint density at radius 2 is 1.72 bits per heavy atom. The molecule has 2 nitrogen and oxygen atoms in total. The van der Waals surface area contributed by atoms with Gasteiger partial charge in [-0.1, -0.05) is 33.1 Å². The van der Waals surface area contributed by atoms with E-state index in [2.05, 4.69) is 6.92 Å². The van der Waals surface area contributed by atoms with Crippen molar-refractivity contribution in [3.8, 4) is 5.75 Å². The van der Waals surface area contributed by atoms with Crippen LogP contribution in [0.4, 0.5) is 0 Å². The molecule has 0 aliphatic heterocycles. The number of ketones is 1. The van der Waals surface area contributed by atoms with Crippen LogP contribution in [0, 0.1) is 0 Å². The number of rotatable bonds is 9. The zero-order valence-corrected chi connectivity index (χ0v) is 11.6. The number of Topliss-reactive ketones (excluding diaryl/α,β-unsaturated/α-hetero) is 1. The van der Waals surface area contributed by atoms with E-state index >= 15 is 0 Å². The zero-order chi connectivity index (χ0) is 13.2. The van der Waals surface area contributed by atoms with Gasteiger partial charge in [0.2, 0.25) is 0 Å². The number of hydrogen-bond acceptors (Lipinski definition) is 2. The molecule has 100 valence electrons. The van der Waals surface area contributed by atoms with Gasteiger partial charge in [0.15, 0.2) is 5.78 Å². The Balaban J connectivity index is 2.33. The van der Waals surface area contributed by atoms with Gasteiger partial charge in [-0.05, 0) is 37.1 Å². The Kier molecular flexibility index (Phi) is 7.16. The average Bonchev–Trinajstić information content (AvgIpc) is 2.39. The summed E-state index contributed by atoms with van der Waals surface area (Å²) >= 11 is 0. The van der Waals surface area contributed by atoms with Crippen molar-refractivity contribution in [2.24, 2.45) is 0 Å². The summed E-state index contributed by atoms with van der Waals surface area (Å²) in [5, 5.41) is 0. The lowest BCUT2D eigenvalue weighted by Gasteiger charge is -2.06. The van der Waals surface area contributed by atoms with Crippen LogP contribution in [0.2, 0.25) is 0 Å². The Labute approximate surface area is 110 Å². The van der Waals surface area contributed by atoms with Crippen LogP contribution >= 0.6 is 0 Å². The second-order valence-electron chi connectivity index (χ2n) is 4.61. The number of hydrogen-bond donors (Lipinski definition) is 0. The standard InChI is InChI=1S/C16H24O2/c1-3-5-6-7-13-18-15-11-9-14(10-12-15)16(17)8-4-2/h9-12H,3-8,13H2,1-2H3. The summed E-state index contributed by atoms with van der Waals surface area (Å²) in [4.78, 5) is 11.6. The molecule has 1 rings (SSSR count). The molecule has 1 aromatic carbocycles. The Morgan fingerprint density at radius 1 is 1.00 bits per heavy atom. The molecule has 0 unspecified atom stereocenters. The largest absolute Gasteiger partial charge is 0.494 e. The molecule has 0 heterocycles. The second-order valence-corrected chi connectivity index (χ2v) is 4.61. The maximum absolute atomic E-state index is 11.6. The van der Waals surface area contributed by atoms with E-state index < -0.39 is 0 Å². The van der Waals surface area contributed by atoms with Crippen LogP contribution in [0.3, 0.4) is 0 Å². The fourth-order valence-electron chi connectivity index (χ4n) is 1.83. The van der Waals surface area contributed by atoms with E-state index in [9.17, 15) is 4.79 Å². The van der Waals surface area contributed by atoms with Crippen LogP contribution in [0.15, 0.2) is 24.3 Å². The lowest BCUT2D eigenvalue weighted by atomic mass is 10.1. The van der Waals surface area contributed by atoms with Crippen molar-refractivity contribution >= 4 is 5.78 Å². The number of carbonyl (C=O) groups excluding carboxylic acids is 1. The third-order valence-corrected chi connectivity index (χ3v) is 2.92. The van der Waals surface area contributed by atoms with E-state index in [0.717, 1.165) is 30.8 Å². The van der Waals surface area contributed by atoms with Crippen LogP contribution in [0.5, 0.6) is 5.75 Å². The van der Waals surface area contributed by atoms with Crippen LogP contribution in [-0.2, 0) is 0 Å². The number of ether oxygens (including phenoxy) is 1. The van der Waals surface area contributed by atoms with Gasteiger partial charge in [-0.2, -0.15) is 0 Å². The van der Waals surface area contributed by atoms with Crippen molar-refractivity contribution in [1.29, 1.82) is 0 Å². The molecule has 0 aromatic heterocycles. The third kappa shape index (κ3) is 5.35. The minimum atomic E-state index is 0.215. The van der Waals surface area contributed by atoms with E-state index in [-0.39, 0.29) is 5.78 Å². The van der Waals surface area contributed by atoms with E-state index in [4.69, 9.17) is 4.74 Å². The molecule has 1 aromatic rings. The second kappa shape index (κ2) is 8.73. The summed E-state index contributed by atoms with van der Waals surface area (Å²) in [5.41, 5.74) is 0.787. The topological polar surface area (TPSA) is 26.3 Å². The predicted octanol–water partition coefficient (Wildman–Crippen LogP) is 4.63. The summed E-state index contributed by atoms with van der Waals surface area (Å²) in [6.07, 6.45) is 6.36. The lowest BCUT2D eigenvalue weighted by molar-refractivity contribution is 0.0981. The lowest BCUT2D eigenvalue weighted by Crippen LogP contribution is -2.00. The van der Waals surface area contributed by atoms with Crippen LogP contribution < -0.4 is 4.74 Å². The molecule has 0 aliphatic carbocycles. The van der Waals surface area contributed by atoms with Crippen molar-refractivity contribution < 1.29 is 9.53 Å². The van der Waals surface area contributed by atoms with Crippen molar-refractivity contribution in [3.05, 3.63) is 29.8 Å². The third-order valence-electron chi connectivity index (χ3n) is 2.92. The molecule has 0 fully saturated rings. The monoisotopic (exact) mass is 248 g/mol. The summed E-state index contributed by atoms with van der Waals surface area (Å²) in [5.74, 6) is 1.08. The van der Waals surface area contributed by atoms with E-state index in [1.54, 1.807) is 0 Å². The molecule has 0 bridgehead atoms. The molecule has 0 saturated heterocycles. The fraction of sp³-hybridized carbons (Fsp3) is 0.562. The van der Waals surface area contributed by atoms with Crippen molar-refractivity contribution in [3.63, 3.8) is 0 Å². The molecule has 0 saturated carbocycles. The van der Waals surface area contributed by atoms with Crippen molar-refractivity contribution in [2.75, 3.05) is 6.61 Å². The Hall–Kier alpha value is -1.31. The van der Waals surface area contributed by atoms with Crippen LogP contribution in [0.25, 0.3) is 0 Å². The highest BCUT2D eigenvalue weighted by Gasteiger charge is 2.04. The molecule has 0 radical (unpaired) electrons. The minimum Gasteiger partial charge on any atom is -0.494 e. The number of unbranched alkanes of at least 4 members (excludes halogenated alkanes) is 3. The van der Waals surface area contributed by atoms with Crippen molar-refractivity contribution in [1.82, 2.24) is 0 Å². The van der Waals surface area contributed by atoms with E-state index in [1.807, 2.05) is 31.2 Å². The molecule has 0 spiro atoms. The summed E-state index contributed by atoms with van der Waals surface area (Å²) in [6, 6.07) is 7.50. The van der Waals surface area contributed by atoms with Gasteiger partial charge in [0, 0.05) is 12.0 Å². The van der Waals surface area contributed by atoms with Crippen LogP contribution in [-0.4, -0.2) is 12.4 Å². The molecule has 18 heavy (non-hydrogen) atoms. The fourth-order valence-corrected chi connectivity index (χ4v) is 1.83. The van der Waals surface area contributed by atoms with Gasteiger partial charge in [0.1, 0.15) is 5.75 Å². The normalized spacial score (nSPS) is 10.3. The first-order chi connectivity index (χ1) is 8.77. The van der Waals surface area contributed by atoms with Gasteiger partial charge < -0.3 is 4.74 Å². The Bertz CT molecular complexity index is 341. The molecule has 0 N–H and O–H groups in total. The summed E-state index contributed by atoms with van der Waals surface area (Å²) in [6.45, 7) is 4.99. The van der Waals surface area contributed by atoms with E-state index in [1.165, 1.54) is 19.3 Å². The van der Waals surface area contributed by atoms with Gasteiger partial charge >= 0.3 is 0 Å². The van der Waals surface area contributed by atoms with Crippen LogP contribution in [0.1, 0.15) is 62.7 Å². The first-order valence-electron chi connectivity index (χ1n) is 7.04. The smallest absolute Gasteiger partial charge is 0.162 e. The first-order valence-corrected chi connectivity index (χ1v) is 7.04. The molecule has 0 aliphatic rings. The number of benzene rings is 1. The molecular weight excluding hydrogens is 224 g/mol. The highest BCUT2D eigenvalue weighted by Crippen LogP contribution is 2.14. The maximum atomic E-state index is 11.6. The quantitative estimate of drug-likeness (QED) is 0.470. The van der Waals surface area contributed by atoms with Gasteiger partial charge in [0.05, 0.1) is 6.61 Å². The van der Waals surface area contributed by atoms with Crippen molar-refractivity contribution in [2.45, 2.75) is 52.4 Å². The van der Waals surface area contributed by atoms with Gasteiger partial charge in [-0.15, -0.1) is 0 Å². The number of carbonyl (C=O) groups is 1. The van der Waals surface area contributed by atoms with Gasteiger partial charge in [-0.25, -0.2) is 0 Å². The minimum absolute atomic E-state index is 0.215. The zero-order valence-electron chi connectivity index (χ0n) is 11.6. The van der Waals surface area contributed by atoms with E-state index in [0.29, 0.717) is 6.42 Å². The average molecular weight is 248 g/mol. The maximum Gasteiger partial charge on any atom is 0.162 e. The van der Waals surface area contributed by atoms with Gasteiger partial charge in [-0.3, -0.25) is 4.79 Å². The van der Waals surface area contributed by atoms with Gasteiger partial charge in [0.25, 0.3) is 0 Å². The molecule has 0 atom stereocenters. The first kappa shape index (κ1) is 14.7. The summed E-state index contributed by atoms with van der Waals surface area (Å²) in [7, 11) is 0. The Morgan fingerprint density at radius 3 is 2.33 bits per heavy atom. The molecule has 0 amide bonds. The summed E-state index contributed by atoms with van der Waals surface area (Å²) < 4.78 is 5.64. The SMILES string of the molecule is CCCCCCOc1ccc(C(=O)CCC)cc1. The highest BCUT2D eigenvalue weighted by molar-refractivity contribution is 5.96. The highest BCUT2D eigenvalue weighted by atomic mass is 16.5. The molecule has 2 heteroatoms.